The number of benzene rings is 1. The number of carbonyl (C=O) groups excluding carboxylic acids is 2. The molecule has 1 atom stereocenters. The lowest BCUT2D eigenvalue weighted by Gasteiger charge is -2.10. The Balaban J connectivity index is 1.84. The summed E-state index contributed by atoms with van der Waals surface area (Å²) in [5.74, 6) is -0.358. The van der Waals surface area contributed by atoms with Crippen LogP contribution < -0.4 is 5.32 Å². The zero-order chi connectivity index (χ0) is 12.3. The molecule has 5 heteroatoms. The van der Waals surface area contributed by atoms with E-state index in [1.807, 2.05) is 0 Å². The predicted molar refractivity (Wildman–Crippen MR) is 59.1 cm³/mol. The first-order valence-corrected chi connectivity index (χ1v) is 5.39. The van der Waals surface area contributed by atoms with Crippen LogP contribution in [0, 0.1) is 0 Å². The molecule has 1 aliphatic heterocycles. The van der Waals surface area contributed by atoms with Crippen LogP contribution in [0.5, 0.6) is 5.75 Å². The second-order valence-electron chi connectivity index (χ2n) is 3.93. The van der Waals surface area contributed by atoms with Gasteiger partial charge >= 0.3 is 5.97 Å². The SMILES string of the molecule is O=C1CC[C@@H](C(=O)OCc2ccc(O)cc2)N1. The van der Waals surface area contributed by atoms with E-state index in [2.05, 4.69) is 5.32 Å². The Morgan fingerprint density at radius 2 is 2.12 bits per heavy atom. The zero-order valence-corrected chi connectivity index (χ0v) is 9.18. The molecule has 1 amide bonds. The number of hydrogen-bond donors (Lipinski definition) is 2. The molecule has 0 aliphatic carbocycles. The highest BCUT2D eigenvalue weighted by Crippen LogP contribution is 2.12. The summed E-state index contributed by atoms with van der Waals surface area (Å²) in [6.45, 7) is 0.144. The molecule has 2 rings (SSSR count). The van der Waals surface area contributed by atoms with E-state index in [1.165, 1.54) is 12.1 Å². The Bertz CT molecular complexity index is 427. The number of phenols is 1. The highest BCUT2D eigenvalue weighted by Gasteiger charge is 2.28. The molecule has 2 N–H and O–H groups in total. The van der Waals surface area contributed by atoms with Gasteiger partial charge in [-0.3, -0.25) is 4.79 Å². The molecule has 17 heavy (non-hydrogen) atoms. The van der Waals surface area contributed by atoms with E-state index in [4.69, 9.17) is 9.84 Å². The first-order chi connectivity index (χ1) is 8.15. The van der Waals surface area contributed by atoms with Crippen molar-refractivity contribution in [3.8, 4) is 5.75 Å². The number of hydrogen-bond acceptors (Lipinski definition) is 4. The van der Waals surface area contributed by atoms with Crippen LogP contribution in [0.15, 0.2) is 24.3 Å². The largest absolute Gasteiger partial charge is 0.508 e. The van der Waals surface area contributed by atoms with Crippen molar-refractivity contribution in [2.45, 2.75) is 25.5 Å². The summed E-state index contributed by atoms with van der Waals surface area (Å²) in [6, 6.07) is 5.90. The molecule has 0 spiro atoms. The first-order valence-electron chi connectivity index (χ1n) is 5.39. The predicted octanol–water partition coefficient (Wildman–Crippen LogP) is 0.714. The smallest absolute Gasteiger partial charge is 0.328 e. The number of phenolic OH excluding ortho intramolecular Hbond substituents is 1. The number of amides is 1. The molecule has 0 aromatic heterocycles. The molecule has 1 aliphatic rings. The van der Waals surface area contributed by atoms with Crippen LogP contribution in [0.25, 0.3) is 0 Å². The molecular formula is C12H13NO4. The fourth-order valence-corrected chi connectivity index (χ4v) is 1.64. The van der Waals surface area contributed by atoms with Crippen LogP contribution in [0.2, 0.25) is 0 Å². The summed E-state index contributed by atoms with van der Waals surface area (Å²) in [4.78, 5) is 22.5. The lowest BCUT2D eigenvalue weighted by Crippen LogP contribution is -2.34. The maximum absolute atomic E-state index is 11.5. The summed E-state index contributed by atoms with van der Waals surface area (Å²) in [6.07, 6.45) is 0.867. The van der Waals surface area contributed by atoms with Crippen LogP contribution >= 0.6 is 0 Å². The monoisotopic (exact) mass is 235 g/mol. The minimum atomic E-state index is -0.514. The highest BCUT2D eigenvalue weighted by molar-refractivity contribution is 5.88. The van der Waals surface area contributed by atoms with Crippen molar-refractivity contribution in [1.29, 1.82) is 0 Å². The van der Waals surface area contributed by atoms with Crippen LogP contribution in [-0.2, 0) is 20.9 Å². The molecule has 1 aromatic carbocycles. The number of carbonyl (C=O) groups is 2. The van der Waals surface area contributed by atoms with Gasteiger partial charge in [-0.15, -0.1) is 0 Å². The zero-order valence-electron chi connectivity index (χ0n) is 9.18. The molecule has 0 saturated carbocycles. The normalized spacial score (nSPS) is 18.8. The van der Waals surface area contributed by atoms with Gasteiger partial charge in [0.05, 0.1) is 0 Å². The van der Waals surface area contributed by atoms with E-state index in [0.29, 0.717) is 12.8 Å². The summed E-state index contributed by atoms with van der Waals surface area (Å²) in [5, 5.41) is 11.6. The van der Waals surface area contributed by atoms with Crippen molar-refractivity contribution in [1.82, 2.24) is 5.32 Å². The van der Waals surface area contributed by atoms with Gasteiger partial charge in [0, 0.05) is 6.42 Å². The van der Waals surface area contributed by atoms with Crippen molar-refractivity contribution in [3.05, 3.63) is 29.8 Å². The van der Waals surface area contributed by atoms with Crippen molar-refractivity contribution < 1.29 is 19.4 Å². The average Bonchev–Trinajstić information content (AvgIpc) is 2.75. The third-order valence-corrected chi connectivity index (χ3v) is 2.60. The van der Waals surface area contributed by atoms with E-state index < -0.39 is 12.0 Å². The van der Waals surface area contributed by atoms with Gasteiger partial charge in [-0.25, -0.2) is 4.79 Å². The van der Waals surface area contributed by atoms with Crippen LogP contribution in [0.1, 0.15) is 18.4 Å². The van der Waals surface area contributed by atoms with Crippen LogP contribution in [0.4, 0.5) is 0 Å². The van der Waals surface area contributed by atoms with E-state index in [-0.39, 0.29) is 18.3 Å². The van der Waals surface area contributed by atoms with Gasteiger partial charge in [0.1, 0.15) is 18.4 Å². The quantitative estimate of drug-likeness (QED) is 0.757. The molecule has 0 bridgehead atoms. The maximum atomic E-state index is 11.5. The summed E-state index contributed by atoms with van der Waals surface area (Å²) in [5.41, 5.74) is 0.792. The minimum absolute atomic E-state index is 0.114. The molecule has 0 unspecified atom stereocenters. The number of esters is 1. The summed E-state index contributed by atoms with van der Waals surface area (Å²) in [7, 11) is 0. The molecule has 5 nitrogen and oxygen atoms in total. The van der Waals surface area contributed by atoms with E-state index in [9.17, 15) is 9.59 Å². The third kappa shape index (κ3) is 2.96. The molecule has 0 radical (unpaired) electrons. The Kier molecular flexibility index (Phi) is 3.27. The topological polar surface area (TPSA) is 75.6 Å². The molecular weight excluding hydrogens is 222 g/mol. The van der Waals surface area contributed by atoms with Gasteiger partial charge in [-0.1, -0.05) is 12.1 Å². The Labute approximate surface area is 98.4 Å². The first kappa shape index (κ1) is 11.4. The standard InChI is InChI=1S/C12H13NO4/c14-9-3-1-8(2-4-9)7-17-12(16)10-5-6-11(15)13-10/h1-4,10,14H,5-7H2,(H,13,15)/t10-/m0/s1. The number of ether oxygens (including phenoxy) is 1. The summed E-state index contributed by atoms with van der Waals surface area (Å²) >= 11 is 0. The highest BCUT2D eigenvalue weighted by atomic mass is 16.5. The van der Waals surface area contributed by atoms with Crippen LogP contribution in [0.3, 0.4) is 0 Å². The second-order valence-corrected chi connectivity index (χ2v) is 3.93. The fraction of sp³-hybridized carbons (Fsp3) is 0.333. The van der Waals surface area contributed by atoms with Crippen molar-refractivity contribution >= 4 is 11.9 Å². The number of aromatic hydroxyl groups is 1. The number of rotatable bonds is 3. The van der Waals surface area contributed by atoms with Crippen molar-refractivity contribution in [3.63, 3.8) is 0 Å². The van der Waals surface area contributed by atoms with Gasteiger partial charge < -0.3 is 15.2 Å². The average molecular weight is 235 g/mol. The van der Waals surface area contributed by atoms with Gasteiger partial charge in [0.15, 0.2) is 0 Å². The van der Waals surface area contributed by atoms with E-state index in [0.717, 1.165) is 5.56 Å². The van der Waals surface area contributed by atoms with Gasteiger partial charge in [-0.2, -0.15) is 0 Å². The summed E-state index contributed by atoms with van der Waals surface area (Å²) < 4.78 is 5.06. The van der Waals surface area contributed by atoms with Crippen molar-refractivity contribution in [2.24, 2.45) is 0 Å². The minimum Gasteiger partial charge on any atom is -0.508 e. The third-order valence-electron chi connectivity index (χ3n) is 2.60. The Morgan fingerprint density at radius 3 is 2.71 bits per heavy atom. The van der Waals surface area contributed by atoms with Crippen LogP contribution in [-0.4, -0.2) is 23.0 Å². The maximum Gasteiger partial charge on any atom is 0.328 e. The molecule has 1 heterocycles. The fourth-order valence-electron chi connectivity index (χ4n) is 1.64. The van der Waals surface area contributed by atoms with E-state index >= 15 is 0 Å². The van der Waals surface area contributed by atoms with Gasteiger partial charge in [-0.05, 0) is 24.1 Å². The molecule has 1 fully saturated rings. The lowest BCUT2D eigenvalue weighted by molar-refractivity contribution is -0.147. The second kappa shape index (κ2) is 4.86. The van der Waals surface area contributed by atoms with E-state index in [1.54, 1.807) is 12.1 Å². The molecule has 1 aromatic rings. The van der Waals surface area contributed by atoms with Crippen molar-refractivity contribution in [2.75, 3.05) is 0 Å². The lowest BCUT2D eigenvalue weighted by atomic mass is 10.2. The molecule has 1 saturated heterocycles. The Hall–Kier alpha value is -2.04. The van der Waals surface area contributed by atoms with Gasteiger partial charge in [0.25, 0.3) is 0 Å². The number of nitrogens with one attached hydrogen (secondary N) is 1. The van der Waals surface area contributed by atoms with Gasteiger partial charge in [0.2, 0.25) is 5.91 Å². The Morgan fingerprint density at radius 1 is 1.41 bits per heavy atom. The molecule has 90 valence electrons.